The van der Waals surface area contributed by atoms with Crippen molar-refractivity contribution < 1.29 is 4.79 Å². The van der Waals surface area contributed by atoms with Crippen molar-refractivity contribution in [3.05, 3.63) is 72.6 Å². The van der Waals surface area contributed by atoms with Crippen molar-refractivity contribution in [3.63, 3.8) is 0 Å². The third-order valence-corrected chi connectivity index (χ3v) is 4.01. The second-order valence-electron chi connectivity index (χ2n) is 5.51. The van der Waals surface area contributed by atoms with Crippen molar-refractivity contribution in [2.75, 3.05) is 7.05 Å². The van der Waals surface area contributed by atoms with E-state index in [9.17, 15) is 4.79 Å². The molecule has 1 aromatic carbocycles. The van der Waals surface area contributed by atoms with Crippen LogP contribution in [0.15, 0.2) is 61.3 Å². The molecular formula is C18H19N5O. The molecule has 6 heteroatoms. The maximum absolute atomic E-state index is 12.9. The Hall–Kier alpha value is -3.02. The summed E-state index contributed by atoms with van der Waals surface area (Å²) in [6, 6.07) is 13.1. The van der Waals surface area contributed by atoms with Gasteiger partial charge in [0.15, 0.2) is 0 Å². The number of benzene rings is 1. The largest absolute Gasteiger partial charge is 0.333 e. The highest BCUT2D eigenvalue weighted by Gasteiger charge is 2.22. The lowest BCUT2D eigenvalue weighted by Gasteiger charge is -2.27. The van der Waals surface area contributed by atoms with Gasteiger partial charge in [0.25, 0.3) is 5.91 Å². The monoisotopic (exact) mass is 321 g/mol. The van der Waals surface area contributed by atoms with Crippen LogP contribution in [0.5, 0.6) is 0 Å². The van der Waals surface area contributed by atoms with E-state index in [1.54, 1.807) is 28.3 Å². The zero-order valence-electron chi connectivity index (χ0n) is 13.7. The van der Waals surface area contributed by atoms with Gasteiger partial charge in [0, 0.05) is 24.5 Å². The van der Waals surface area contributed by atoms with Crippen molar-refractivity contribution in [2.24, 2.45) is 0 Å². The summed E-state index contributed by atoms with van der Waals surface area (Å²) in [7, 11) is 1.82. The lowest BCUT2D eigenvalue weighted by atomic mass is 10.1. The molecule has 0 saturated carbocycles. The summed E-state index contributed by atoms with van der Waals surface area (Å²) in [5, 5.41) is 7.60. The summed E-state index contributed by atoms with van der Waals surface area (Å²) < 4.78 is 1.77. The van der Waals surface area contributed by atoms with Gasteiger partial charge < -0.3 is 4.90 Å². The fourth-order valence-electron chi connectivity index (χ4n) is 2.73. The van der Waals surface area contributed by atoms with Crippen molar-refractivity contribution >= 4 is 5.91 Å². The van der Waals surface area contributed by atoms with Gasteiger partial charge in [0.1, 0.15) is 12.7 Å². The summed E-state index contributed by atoms with van der Waals surface area (Å²) in [5.41, 5.74) is 2.37. The molecule has 2 heterocycles. The average molecular weight is 321 g/mol. The fourth-order valence-corrected chi connectivity index (χ4v) is 2.73. The number of nitrogens with zero attached hydrogens (tertiary/aromatic N) is 5. The van der Waals surface area contributed by atoms with Crippen molar-refractivity contribution in [2.45, 2.75) is 19.4 Å². The number of rotatable bonds is 5. The second-order valence-corrected chi connectivity index (χ2v) is 5.51. The zero-order valence-corrected chi connectivity index (χ0v) is 13.7. The van der Waals surface area contributed by atoms with Crippen LogP contribution in [0.2, 0.25) is 0 Å². The number of aromatic nitrogens is 4. The molecule has 0 spiro atoms. The van der Waals surface area contributed by atoms with E-state index >= 15 is 0 Å². The molecule has 1 atom stereocenters. The maximum Gasteiger partial charge on any atom is 0.254 e. The summed E-state index contributed by atoms with van der Waals surface area (Å²) in [4.78, 5) is 19.0. The highest BCUT2D eigenvalue weighted by atomic mass is 16.2. The fraction of sp³-hybridized carbons (Fsp3) is 0.222. The minimum atomic E-state index is -0.0581. The number of hydrogen-bond donors (Lipinski definition) is 0. The normalized spacial score (nSPS) is 11.9. The highest BCUT2D eigenvalue weighted by molar-refractivity contribution is 5.94. The molecular weight excluding hydrogens is 302 g/mol. The van der Waals surface area contributed by atoms with Gasteiger partial charge in [-0.1, -0.05) is 19.1 Å². The molecule has 0 aliphatic heterocycles. The lowest BCUT2D eigenvalue weighted by Crippen LogP contribution is -2.31. The van der Waals surface area contributed by atoms with E-state index in [1.165, 1.54) is 0 Å². The standard InChI is InChI=1S/C18H19N5O/c1-3-17(16-9-4-5-10-19-16)22(2)18(24)14-7-6-8-15(11-14)23-12-20-21-13-23/h4-13,17H,3H2,1-2H3/t17-/m1/s1. The number of pyridine rings is 1. The number of hydrogen-bond acceptors (Lipinski definition) is 4. The molecule has 0 aliphatic rings. The molecule has 0 unspecified atom stereocenters. The van der Waals surface area contributed by atoms with Gasteiger partial charge in [-0.05, 0) is 36.8 Å². The van der Waals surface area contributed by atoms with Crippen molar-refractivity contribution in [1.29, 1.82) is 0 Å². The lowest BCUT2D eigenvalue weighted by molar-refractivity contribution is 0.0722. The Morgan fingerprint density at radius 2 is 1.96 bits per heavy atom. The molecule has 0 bridgehead atoms. The van der Waals surface area contributed by atoms with E-state index in [2.05, 4.69) is 22.1 Å². The van der Waals surface area contributed by atoms with Crippen LogP contribution in [-0.2, 0) is 0 Å². The average Bonchev–Trinajstić information content (AvgIpc) is 3.17. The van der Waals surface area contributed by atoms with E-state index in [1.807, 2.05) is 49.5 Å². The maximum atomic E-state index is 12.9. The molecule has 0 radical (unpaired) electrons. The molecule has 122 valence electrons. The molecule has 3 rings (SSSR count). The Bertz CT molecular complexity index is 801. The van der Waals surface area contributed by atoms with Crippen LogP contribution in [0.3, 0.4) is 0 Å². The van der Waals surface area contributed by atoms with Crippen LogP contribution >= 0.6 is 0 Å². The van der Waals surface area contributed by atoms with Crippen LogP contribution in [0.1, 0.15) is 35.4 Å². The van der Waals surface area contributed by atoms with E-state index < -0.39 is 0 Å². The summed E-state index contributed by atoms with van der Waals surface area (Å²) in [5.74, 6) is -0.0394. The van der Waals surface area contributed by atoms with Crippen LogP contribution in [0.4, 0.5) is 0 Å². The highest BCUT2D eigenvalue weighted by Crippen LogP contribution is 2.23. The topological polar surface area (TPSA) is 63.9 Å². The smallest absolute Gasteiger partial charge is 0.254 e. The Morgan fingerprint density at radius 3 is 2.62 bits per heavy atom. The zero-order chi connectivity index (χ0) is 16.9. The first-order valence-corrected chi connectivity index (χ1v) is 7.84. The number of carbonyl (C=O) groups is 1. The minimum Gasteiger partial charge on any atom is -0.333 e. The number of amides is 1. The van der Waals surface area contributed by atoms with Gasteiger partial charge in [0.2, 0.25) is 0 Å². The van der Waals surface area contributed by atoms with Crippen LogP contribution in [-0.4, -0.2) is 37.6 Å². The summed E-state index contributed by atoms with van der Waals surface area (Å²) in [6.45, 7) is 2.05. The van der Waals surface area contributed by atoms with E-state index in [0.29, 0.717) is 5.56 Å². The van der Waals surface area contributed by atoms with Gasteiger partial charge in [-0.15, -0.1) is 10.2 Å². The Morgan fingerprint density at radius 1 is 1.17 bits per heavy atom. The first kappa shape index (κ1) is 15.9. The molecule has 2 aromatic heterocycles. The predicted molar refractivity (Wildman–Crippen MR) is 90.7 cm³/mol. The van der Waals surface area contributed by atoms with E-state index in [0.717, 1.165) is 17.8 Å². The van der Waals surface area contributed by atoms with Gasteiger partial charge >= 0.3 is 0 Å². The molecule has 1 amide bonds. The van der Waals surface area contributed by atoms with Gasteiger partial charge in [-0.3, -0.25) is 14.3 Å². The van der Waals surface area contributed by atoms with Gasteiger partial charge in [-0.25, -0.2) is 0 Å². The van der Waals surface area contributed by atoms with E-state index in [-0.39, 0.29) is 11.9 Å². The molecule has 0 saturated heterocycles. The first-order valence-electron chi connectivity index (χ1n) is 7.84. The van der Waals surface area contributed by atoms with E-state index in [4.69, 9.17) is 0 Å². The molecule has 0 N–H and O–H groups in total. The van der Waals surface area contributed by atoms with Crippen LogP contribution in [0.25, 0.3) is 5.69 Å². The molecule has 3 aromatic rings. The van der Waals surface area contributed by atoms with Crippen molar-refractivity contribution in [1.82, 2.24) is 24.6 Å². The molecule has 24 heavy (non-hydrogen) atoms. The Labute approximate surface area is 140 Å². The predicted octanol–water partition coefficient (Wildman–Crippen LogP) is 2.89. The third kappa shape index (κ3) is 3.17. The van der Waals surface area contributed by atoms with Gasteiger partial charge in [-0.2, -0.15) is 0 Å². The van der Waals surface area contributed by atoms with Crippen molar-refractivity contribution in [3.8, 4) is 5.69 Å². The quantitative estimate of drug-likeness (QED) is 0.725. The molecule has 6 nitrogen and oxygen atoms in total. The Balaban J connectivity index is 1.87. The third-order valence-electron chi connectivity index (χ3n) is 4.01. The minimum absolute atomic E-state index is 0.0394. The molecule has 0 fully saturated rings. The second kappa shape index (κ2) is 7.04. The summed E-state index contributed by atoms with van der Waals surface area (Å²) >= 11 is 0. The van der Waals surface area contributed by atoms with Crippen LogP contribution in [0, 0.1) is 0 Å². The summed E-state index contributed by atoms with van der Waals surface area (Å²) in [6.07, 6.45) is 5.76. The van der Waals surface area contributed by atoms with Gasteiger partial charge in [0.05, 0.1) is 11.7 Å². The SMILES string of the molecule is CC[C@H](c1ccccn1)N(C)C(=O)c1cccc(-n2cnnc2)c1. The Kier molecular flexibility index (Phi) is 4.65. The number of carbonyl (C=O) groups excluding carboxylic acids is 1. The molecule has 0 aliphatic carbocycles. The first-order chi connectivity index (χ1) is 11.7. The van der Waals surface area contributed by atoms with Crippen LogP contribution < -0.4 is 0 Å².